The monoisotopic (exact) mass is 597 g/mol. The summed E-state index contributed by atoms with van der Waals surface area (Å²) in [6.07, 6.45) is 1.27. The van der Waals surface area contributed by atoms with Crippen LogP contribution in [0.25, 0.3) is 21.7 Å². The summed E-state index contributed by atoms with van der Waals surface area (Å²) in [5.74, 6) is -0.438. The van der Waals surface area contributed by atoms with Crippen molar-refractivity contribution in [1.29, 1.82) is 0 Å². The number of aromatic nitrogens is 1. The van der Waals surface area contributed by atoms with Crippen molar-refractivity contribution in [3.8, 4) is 0 Å². The van der Waals surface area contributed by atoms with Gasteiger partial charge in [-0.05, 0) is 74.1 Å². The smallest absolute Gasteiger partial charge is 0.410 e. The molecular weight excluding hydrogens is 558 g/mol. The Kier molecular flexibility index (Phi) is 8.89. The average molecular weight is 598 g/mol. The number of hydrogen-bond donors (Lipinski definition) is 2. The first-order valence-corrected chi connectivity index (χ1v) is 14.9. The van der Waals surface area contributed by atoms with E-state index in [4.69, 9.17) is 15.3 Å². The first kappa shape index (κ1) is 30.6. The maximum Gasteiger partial charge on any atom is 0.410 e. The van der Waals surface area contributed by atoms with E-state index in [1.807, 2.05) is 55.7 Å². The average Bonchev–Trinajstić information content (AvgIpc) is 3.35. The van der Waals surface area contributed by atoms with Gasteiger partial charge in [0.25, 0.3) is 5.91 Å². The summed E-state index contributed by atoms with van der Waals surface area (Å²) in [4.78, 5) is 43.8. The van der Waals surface area contributed by atoms with Crippen molar-refractivity contribution < 1.29 is 24.0 Å². The first-order valence-electron chi connectivity index (χ1n) is 14.9. The van der Waals surface area contributed by atoms with Crippen molar-refractivity contribution in [1.82, 2.24) is 14.8 Å². The minimum atomic E-state index is -0.567. The zero-order chi connectivity index (χ0) is 31.4. The summed E-state index contributed by atoms with van der Waals surface area (Å²) in [7, 11) is 0. The Balaban J connectivity index is 1.37. The van der Waals surface area contributed by atoms with Gasteiger partial charge in [0.15, 0.2) is 5.84 Å². The highest BCUT2D eigenvalue weighted by Gasteiger charge is 2.27. The van der Waals surface area contributed by atoms with Gasteiger partial charge in [-0.2, -0.15) is 0 Å². The van der Waals surface area contributed by atoms with Crippen LogP contribution in [0.5, 0.6) is 0 Å². The number of oxime groups is 1. The van der Waals surface area contributed by atoms with Crippen molar-refractivity contribution >= 4 is 45.5 Å². The number of benzene rings is 3. The molecule has 1 aliphatic heterocycles. The van der Waals surface area contributed by atoms with Crippen molar-refractivity contribution in [2.45, 2.75) is 52.7 Å². The lowest BCUT2D eigenvalue weighted by Crippen LogP contribution is -2.43. The third kappa shape index (κ3) is 7.37. The molecule has 1 aromatic heterocycles. The Morgan fingerprint density at radius 3 is 2.36 bits per heavy atom. The predicted octanol–water partition coefficient (Wildman–Crippen LogP) is 5.40. The molecule has 44 heavy (non-hydrogen) atoms. The number of nitrogens with one attached hydrogen (secondary N) is 1. The number of carbonyl (C=O) groups is 3. The molecule has 10 heteroatoms. The Morgan fingerprint density at radius 2 is 1.66 bits per heavy atom. The van der Waals surface area contributed by atoms with E-state index in [-0.39, 0.29) is 23.8 Å². The van der Waals surface area contributed by atoms with Gasteiger partial charge >= 0.3 is 12.1 Å². The van der Waals surface area contributed by atoms with E-state index < -0.39 is 11.6 Å². The minimum Gasteiger partial charge on any atom is -0.444 e. The quantitative estimate of drug-likeness (QED) is 0.127. The van der Waals surface area contributed by atoms with Crippen LogP contribution in [0.1, 0.15) is 62.2 Å². The molecule has 1 fully saturated rings. The maximum atomic E-state index is 13.7. The third-order valence-electron chi connectivity index (χ3n) is 7.68. The number of piperidine rings is 1. The van der Waals surface area contributed by atoms with Crippen molar-refractivity contribution in [3.05, 3.63) is 83.6 Å². The van der Waals surface area contributed by atoms with E-state index in [1.165, 1.54) is 6.92 Å². The first-order chi connectivity index (χ1) is 21.0. The largest absolute Gasteiger partial charge is 0.444 e. The summed E-state index contributed by atoms with van der Waals surface area (Å²) in [6.45, 7) is 8.98. The fraction of sp³-hybridized carbons (Fsp3) is 0.353. The van der Waals surface area contributed by atoms with Crippen LogP contribution in [0.4, 0.5) is 4.79 Å². The molecule has 2 heterocycles. The second-order valence-electron chi connectivity index (χ2n) is 12.3. The highest BCUT2D eigenvalue weighted by molar-refractivity contribution is 6.03. The van der Waals surface area contributed by atoms with Gasteiger partial charge in [0.1, 0.15) is 11.3 Å². The third-order valence-corrected chi connectivity index (χ3v) is 7.68. The topological polar surface area (TPSA) is 128 Å². The Labute approximate surface area is 256 Å². The van der Waals surface area contributed by atoms with Gasteiger partial charge in [0.05, 0.1) is 0 Å². The fourth-order valence-corrected chi connectivity index (χ4v) is 5.43. The number of nitrogens with zero attached hydrogens (tertiary/aromatic N) is 3. The predicted molar refractivity (Wildman–Crippen MR) is 170 cm³/mol. The van der Waals surface area contributed by atoms with E-state index in [0.29, 0.717) is 37.4 Å². The molecule has 3 aromatic carbocycles. The van der Waals surface area contributed by atoms with Crippen LogP contribution in [-0.4, -0.2) is 58.5 Å². The summed E-state index contributed by atoms with van der Waals surface area (Å²) in [6, 6.07) is 21.8. The number of amidine groups is 1. The van der Waals surface area contributed by atoms with Crippen LogP contribution >= 0.6 is 0 Å². The SMILES string of the molecule is CC(=O)ON=C(N)c1ccc2cc(C(=O)NCC3CCN(C(=O)OC(C)(C)C)CC3)n(Cc3ccc4ccccc4c3)c2c1. The number of likely N-dealkylation sites (tertiary alicyclic amines) is 1. The van der Waals surface area contributed by atoms with Crippen LogP contribution in [-0.2, 0) is 20.9 Å². The Morgan fingerprint density at radius 1 is 0.955 bits per heavy atom. The zero-order valence-electron chi connectivity index (χ0n) is 25.6. The van der Waals surface area contributed by atoms with E-state index in [1.54, 1.807) is 11.0 Å². The number of rotatable bonds is 7. The lowest BCUT2D eigenvalue weighted by molar-refractivity contribution is -0.140. The second-order valence-corrected chi connectivity index (χ2v) is 12.3. The molecule has 230 valence electrons. The lowest BCUT2D eigenvalue weighted by Gasteiger charge is -2.33. The molecule has 4 aromatic rings. The van der Waals surface area contributed by atoms with Gasteiger partial charge in [0.2, 0.25) is 0 Å². The number of carbonyl (C=O) groups excluding carboxylic acids is 3. The summed E-state index contributed by atoms with van der Waals surface area (Å²) in [5.41, 5.74) is 8.50. The fourth-order valence-electron chi connectivity index (χ4n) is 5.43. The van der Waals surface area contributed by atoms with Crippen LogP contribution in [0.3, 0.4) is 0 Å². The highest BCUT2D eigenvalue weighted by Crippen LogP contribution is 2.25. The number of fused-ring (bicyclic) bond motifs is 2. The van der Waals surface area contributed by atoms with Crippen LogP contribution in [0, 0.1) is 5.92 Å². The molecule has 3 N–H and O–H groups in total. The maximum absolute atomic E-state index is 13.7. The Hall–Kier alpha value is -4.86. The Bertz CT molecular complexity index is 1730. The van der Waals surface area contributed by atoms with E-state index in [0.717, 1.165) is 40.1 Å². The van der Waals surface area contributed by atoms with Gasteiger partial charge in [0, 0.05) is 49.6 Å². The minimum absolute atomic E-state index is 0.0595. The molecule has 1 aliphatic rings. The van der Waals surface area contributed by atoms with E-state index in [9.17, 15) is 14.4 Å². The lowest BCUT2D eigenvalue weighted by atomic mass is 9.97. The van der Waals surface area contributed by atoms with Gasteiger partial charge in [-0.15, -0.1) is 0 Å². The molecule has 1 saturated heterocycles. The molecule has 0 radical (unpaired) electrons. The van der Waals surface area contributed by atoms with E-state index >= 15 is 0 Å². The summed E-state index contributed by atoms with van der Waals surface area (Å²) >= 11 is 0. The second kappa shape index (κ2) is 12.8. The molecular formula is C34H39N5O5. The number of nitrogens with two attached hydrogens (primary N) is 1. The summed E-state index contributed by atoms with van der Waals surface area (Å²) < 4.78 is 7.48. The van der Waals surface area contributed by atoms with Gasteiger partial charge in [-0.25, -0.2) is 9.59 Å². The van der Waals surface area contributed by atoms with Crippen molar-refractivity contribution in [3.63, 3.8) is 0 Å². The van der Waals surface area contributed by atoms with Gasteiger partial charge in [-0.1, -0.05) is 53.7 Å². The normalized spacial score (nSPS) is 14.5. The molecule has 2 amide bonds. The molecule has 10 nitrogen and oxygen atoms in total. The summed E-state index contributed by atoms with van der Waals surface area (Å²) in [5, 5.41) is 9.99. The molecule has 0 bridgehead atoms. The van der Waals surface area contributed by atoms with Gasteiger partial charge in [-0.3, -0.25) is 4.79 Å². The molecule has 5 rings (SSSR count). The number of hydrogen-bond acceptors (Lipinski definition) is 6. The van der Waals surface area contributed by atoms with Crippen LogP contribution in [0.15, 0.2) is 71.9 Å². The van der Waals surface area contributed by atoms with Crippen LogP contribution < -0.4 is 11.1 Å². The molecule has 0 unspecified atom stereocenters. The van der Waals surface area contributed by atoms with Gasteiger partial charge < -0.3 is 30.1 Å². The number of amides is 2. The molecule has 0 spiro atoms. The van der Waals surface area contributed by atoms with Crippen molar-refractivity contribution in [2.24, 2.45) is 16.8 Å². The van der Waals surface area contributed by atoms with Crippen LogP contribution in [0.2, 0.25) is 0 Å². The number of ether oxygens (including phenoxy) is 1. The molecule has 0 aliphatic carbocycles. The highest BCUT2D eigenvalue weighted by atomic mass is 16.7. The van der Waals surface area contributed by atoms with E-state index in [2.05, 4.69) is 40.8 Å². The zero-order valence-corrected chi connectivity index (χ0v) is 25.6. The standard InChI is InChI=1S/C34H39N5O5/c1-22(40)44-37-31(35)28-12-11-27-18-30(32(41)36-20-23-13-15-38(16-14-23)33(42)43-34(2,3)4)39(29(27)19-28)21-24-9-10-25-7-5-6-8-26(25)17-24/h5-12,17-19,23H,13-16,20-21H2,1-4H3,(H2,35,37)(H,36,41). The molecule has 0 atom stereocenters. The molecule has 0 saturated carbocycles. The van der Waals surface area contributed by atoms with Crippen molar-refractivity contribution in [2.75, 3.05) is 19.6 Å².